The van der Waals surface area contributed by atoms with Crippen molar-refractivity contribution in [1.29, 1.82) is 0 Å². The SMILES string of the molecule is Cc1ccc(C(N)=S)c(NC2CC2C)c1. The van der Waals surface area contributed by atoms with Gasteiger partial charge >= 0.3 is 0 Å². The number of thiocarbonyl (C=S) groups is 1. The highest BCUT2D eigenvalue weighted by atomic mass is 32.1. The summed E-state index contributed by atoms with van der Waals surface area (Å²) in [7, 11) is 0. The van der Waals surface area contributed by atoms with Crippen LogP contribution in [0, 0.1) is 12.8 Å². The summed E-state index contributed by atoms with van der Waals surface area (Å²) < 4.78 is 0. The lowest BCUT2D eigenvalue weighted by Crippen LogP contribution is -2.14. The van der Waals surface area contributed by atoms with E-state index in [1.54, 1.807) is 0 Å². The van der Waals surface area contributed by atoms with Crippen molar-refractivity contribution in [2.45, 2.75) is 26.3 Å². The molecule has 2 unspecified atom stereocenters. The molecule has 1 saturated carbocycles. The third-order valence-electron chi connectivity index (χ3n) is 2.89. The number of anilines is 1. The summed E-state index contributed by atoms with van der Waals surface area (Å²) in [6, 6.07) is 6.74. The van der Waals surface area contributed by atoms with E-state index in [-0.39, 0.29) is 0 Å². The molecular weight excluding hydrogens is 204 g/mol. The molecule has 0 aliphatic heterocycles. The van der Waals surface area contributed by atoms with Gasteiger partial charge in [0.05, 0.1) is 0 Å². The molecule has 80 valence electrons. The molecule has 1 aromatic carbocycles. The van der Waals surface area contributed by atoms with Crippen LogP contribution in [0.4, 0.5) is 5.69 Å². The lowest BCUT2D eigenvalue weighted by Gasteiger charge is -2.11. The Morgan fingerprint density at radius 3 is 2.73 bits per heavy atom. The Kier molecular flexibility index (Phi) is 2.65. The maximum Gasteiger partial charge on any atom is 0.106 e. The van der Waals surface area contributed by atoms with Crippen molar-refractivity contribution >= 4 is 22.9 Å². The van der Waals surface area contributed by atoms with Crippen molar-refractivity contribution in [3.05, 3.63) is 29.3 Å². The zero-order valence-corrected chi connectivity index (χ0v) is 9.90. The molecule has 0 bridgehead atoms. The molecule has 0 heterocycles. The van der Waals surface area contributed by atoms with Gasteiger partial charge in [-0.15, -0.1) is 0 Å². The molecule has 2 nitrogen and oxygen atoms in total. The quantitative estimate of drug-likeness (QED) is 0.768. The highest BCUT2D eigenvalue weighted by molar-refractivity contribution is 7.80. The number of rotatable bonds is 3. The van der Waals surface area contributed by atoms with E-state index >= 15 is 0 Å². The summed E-state index contributed by atoms with van der Waals surface area (Å²) >= 11 is 5.03. The minimum Gasteiger partial charge on any atom is -0.389 e. The predicted molar refractivity (Wildman–Crippen MR) is 68.3 cm³/mol. The van der Waals surface area contributed by atoms with Crippen molar-refractivity contribution in [2.24, 2.45) is 11.7 Å². The van der Waals surface area contributed by atoms with Crippen molar-refractivity contribution in [3.63, 3.8) is 0 Å². The summed E-state index contributed by atoms with van der Waals surface area (Å²) in [4.78, 5) is 0.464. The first-order valence-corrected chi connectivity index (χ1v) is 5.65. The molecule has 15 heavy (non-hydrogen) atoms. The second-order valence-electron chi connectivity index (χ2n) is 4.38. The Bertz CT molecular complexity index is 401. The molecule has 1 aliphatic carbocycles. The van der Waals surface area contributed by atoms with Crippen LogP contribution in [0.15, 0.2) is 18.2 Å². The van der Waals surface area contributed by atoms with Crippen molar-refractivity contribution < 1.29 is 0 Å². The van der Waals surface area contributed by atoms with Crippen LogP contribution in [0.3, 0.4) is 0 Å². The number of aryl methyl sites for hydroxylation is 1. The normalized spacial score (nSPS) is 23.6. The van der Waals surface area contributed by atoms with E-state index in [2.05, 4.69) is 25.2 Å². The van der Waals surface area contributed by atoms with Crippen LogP contribution in [-0.2, 0) is 0 Å². The van der Waals surface area contributed by atoms with Crippen LogP contribution in [0.1, 0.15) is 24.5 Å². The highest BCUT2D eigenvalue weighted by Crippen LogP contribution is 2.33. The standard InChI is InChI=1S/C12H16N2S/c1-7-3-4-9(12(13)15)11(5-7)14-10-6-8(10)2/h3-5,8,10,14H,6H2,1-2H3,(H2,13,15). The molecule has 0 aromatic heterocycles. The lowest BCUT2D eigenvalue weighted by atomic mass is 10.1. The first kappa shape index (κ1) is 10.4. The lowest BCUT2D eigenvalue weighted by molar-refractivity contribution is 0.929. The Morgan fingerprint density at radius 2 is 2.20 bits per heavy atom. The second-order valence-corrected chi connectivity index (χ2v) is 4.82. The monoisotopic (exact) mass is 220 g/mol. The molecule has 0 amide bonds. The average Bonchev–Trinajstić information content (AvgIpc) is 2.81. The van der Waals surface area contributed by atoms with Crippen molar-refractivity contribution in [1.82, 2.24) is 0 Å². The van der Waals surface area contributed by atoms with Crippen LogP contribution in [0.2, 0.25) is 0 Å². The van der Waals surface area contributed by atoms with Crippen molar-refractivity contribution in [2.75, 3.05) is 5.32 Å². The van der Waals surface area contributed by atoms with E-state index < -0.39 is 0 Å². The second kappa shape index (κ2) is 3.81. The summed E-state index contributed by atoms with van der Waals surface area (Å²) in [6.07, 6.45) is 1.24. The van der Waals surface area contributed by atoms with Gasteiger partial charge in [-0.1, -0.05) is 25.2 Å². The molecular formula is C12H16N2S. The fourth-order valence-corrected chi connectivity index (χ4v) is 1.89. The van der Waals surface area contributed by atoms with Gasteiger partial charge in [-0.25, -0.2) is 0 Å². The fraction of sp³-hybridized carbons (Fsp3) is 0.417. The van der Waals surface area contributed by atoms with Gasteiger partial charge in [-0.2, -0.15) is 0 Å². The van der Waals surface area contributed by atoms with Crippen LogP contribution < -0.4 is 11.1 Å². The molecule has 0 saturated heterocycles. The largest absolute Gasteiger partial charge is 0.389 e. The molecule has 1 aromatic rings. The van der Waals surface area contributed by atoms with Gasteiger partial charge in [0.1, 0.15) is 4.99 Å². The fourth-order valence-electron chi connectivity index (χ4n) is 1.72. The first-order valence-electron chi connectivity index (χ1n) is 5.25. The Labute approximate surface area is 95.9 Å². The van der Waals surface area contributed by atoms with E-state index in [1.165, 1.54) is 12.0 Å². The first-order chi connectivity index (χ1) is 7.08. The molecule has 3 heteroatoms. The number of hydrogen-bond acceptors (Lipinski definition) is 2. The van der Waals surface area contributed by atoms with Crippen LogP contribution in [0.25, 0.3) is 0 Å². The number of benzene rings is 1. The number of nitrogens with one attached hydrogen (secondary N) is 1. The van der Waals surface area contributed by atoms with E-state index in [0.29, 0.717) is 11.0 Å². The van der Waals surface area contributed by atoms with Crippen molar-refractivity contribution in [3.8, 4) is 0 Å². The van der Waals surface area contributed by atoms with Crippen LogP contribution >= 0.6 is 12.2 Å². The molecule has 3 N–H and O–H groups in total. The maximum absolute atomic E-state index is 5.69. The zero-order valence-electron chi connectivity index (χ0n) is 9.08. The molecule has 2 atom stereocenters. The van der Waals surface area contributed by atoms with Gasteiger partial charge in [0.2, 0.25) is 0 Å². The smallest absolute Gasteiger partial charge is 0.106 e. The summed E-state index contributed by atoms with van der Waals surface area (Å²) in [5.74, 6) is 0.768. The van der Waals surface area contributed by atoms with E-state index in [1.807, 2.05) is 12.1 Å². The van der Waals surface area contributed by atoms with E-state index in [0.717, 1.165) is 17.2 Å². The van der Waals surface area contributed by atoms with Gasteiger partial charge in [-0.3, -0.25) is 0 Å². The van der Waals surface area contributed by atoms with Gasteiger partial charge in [-0.05, 0) is 37.0 Å². The Balaban J connectivity index is 2.26. The molecule has 1 fully saturated rings. The van der Waals surface area contributed by atoms with Gasteiger partial charge in [0, 0.05) is 17.3 Å². The van der Waals surface area contributed by atoms with Gasteiger partial charge in [0.25, 0.3) is 0 Å². The van der Waals surface area contributed by atoms with Gasteiger partial charge < -0.3 is 11.1 Å². The van der Waals surface area contributed by atoms with E-state index in [9.17, 15) is 0 Å². The molecule has 1 aliphatic rings. The predicted octanol–water partition coefficient (Wildman–Crippen LogP) is 2.45. The van der Waals surface area contributed by atoms with Crippen LogP contribution in [-0.4, -0.2) is 11.0 Å². The number of nitrogens with two attached hydrogens (primary N) is 1. The molecule has 0 spiro atoms. The molecule has 2 rings (SSSR count). The third-order valence-corrected chi connectivity index (χ3v) is 3.11. The summed E-state index contributed by atoms with van der Waals surface area (Å²) in [6.45, 7) is 4.32. The molecule has 0 radical (unpaired) electrons. The Hall–Kier alpha value is -1.09. The maximum atomic E-state index is 5.69. The highest BCUT2D eigenvalue weighted by Gasteiger charge is 2.32. The van der Waals surface area contributed by atoms with Crippen LogP contribution in [0.5, 0.6) is 0 Å². The zero-order chi connectivity index (χ0) is 11.0. The Morgan fingerprint density at radius 1 is 1.53 bits per heavy atom. The minimum atomic E-state index is 0.464. The minimum absolute atomic E-state index is 0.464. The van der Waals surface area contributed by atoms with E-state index in [4.69, 9.17) is 18.0 Å². The number of hydrogen-bond donors (Lipinski definition) is 2. The topological polar surface area (TPSA) is 38.0 Å². The average molecular weight is 220 g/mol. The summed E-state index contributed by atoms with van der Waals surface area (Å²) in [5, 5.41) is 3.49. The third kappa shape index (κ3) is 2.29. The van der Waals surface area contributed by atoms with Gasteiger partial charge in [0.15, 0.2) is 0 Å². The summed E-state index contributed by atoms with van der Waals surface area (Å²) in [5.41, 5.74) is 8.95.